The Morgan fingerprint density at radius 1 is 1.10 bits per heavy atom. The minimum absolute atomic E-state index is 0. The maximum Gasteiger partial charge on any atom is 0.231 e. The molecule has 0 aliphatic carbocycles. The van der Waals surface area contributed by atoms with Crippen molar-refractivity contribution in [2.45, 2.75) is 13.0 Å². The van der Waals surface area contributed by atoms with Gasteiger partial charge in [0.2, 0.25) is 6.79 Å². The van der Waals surface area contributed by atoms with Gasteiger partial charge < -0.3 is 25.1 Å². The Bertz CT molecular complexity index is 959. The molecule has 1 aromatic heterocycles. The first-order valence-corrected chi connectivity index (χ1v) is 9.24. The Balaban J connectivity index is 0.00000240. The highest BCUT2D eigenvalue weighted by atomic mass is 127. The second-order valence-corrected chi connectivity index (χ2v) is 6.40. The van der Waals surface area contributed by atoms with Crippen molar-refractivity contribution in [1.29, 1.82) is 0 Å². The fraction of sp³-hybridized carbons (Fsp3) is 0.238. The summed E-state index contributed by atoms with van der Waals surface area (Å²) in [6.07, 6.45) is 2.71. The van der Waals surface area contributed by atoms with Gasteiger partial charge in [0.25, 0.3) is 0 Å². The molecule has 7 nitrogen and oxygen atoms in total. The van der Waals surface area contributed by atoms with Crippen LogP contribution in [0.25, 0.3) is 11.3 Å². The van der Waals surface area contributed by atoms with E-state index in [4.69, 9.17) is 9.47 Å². The number of hydrogen-bond acceptors (Lipinski definition) is 4. The SMILES string of the molecule is CN=C(NCCc1ccc2c(c1)OCO2)NCc1ncc(-c2ccccc2)[nH]1.I. The Kier molecular flexibility index (Phi) is 7.34. The Morgan fingerprint density at radius 3 is 2.76 bits per heavy atom. The highest BCUT2D eigenvalue weighted by molar-refractivity contribution is 14.0. The van der Waals surface area contributed by atoms with E-state index >= 15 is 0 Å². The number of fused-ring (bicyclic) bond motifs is 1. The van der Waals surface area contributed by atoms with Crippen molar-refractivity contribution in [2.24, 2.45) is 4.99 Å². The molecule has 0 spiro atoms. The minimum Gasteiger partial charge on any atom is -0.454 e. The molecule has 0 fully saturated rings. The molecule has 0 atom stereocenters. The van der Waals surface area contributed by atoms with Crippen LogP contribution in [0.4, 0.5) is 0 Å². The normalized spacial score (nSPS) is 12.4. The van der Waals surface area contributed by atoms with E-state index in [1.165, 1.54) is 5.56 Å². The zero-order valence-electron chi connectivity index (χ0n) is 16.1. The smallest absolute Gasteiger partial charge is 0.231 e. The fourth-order valence-corrected chi connectivity index (χ4v) is 3.03. The van der Waals surface area contributed by atoms with Crippen LogP contribution in [0.1, 0.15) is 11.4 Å². The predicted octanol–water partition coefficient (Wildman–Crippen LogP) is 3.33. The highest BCUT2D eigenvalue weighted by Gasteiger charge is 2.13. The number of imidazole rings is 1. The van der Waals surface area contributed by atoms with Gasteiger partial charge in [-0.25, -0.2) is 4.98 Å². The second-order valence-electron chi connectivity index (χ2n) is 6.40. The van der Waals surface area contributed by atoms with E-state index in [9.17, 15) is 0 Å². The summed E-state index contributed by atoms with van der Waals surface area (Å²) in [6, 6.07) is 16.2. The maximum atomic E-state index is 5.42. The molecule has 0 unspecified atom stereocenters. The van der Waals surface area contributed by atoms with E-state index in [-0.39, 0.29) is 24.0 Å². The number of nitrogens with one attached hydrogen (secondary N) is 3. The van der Waals surface area contributed by atoms with Gasteiger partial charge in [-0.2, -0.15) is 0 Å². The first-order valence-electron chi connectivity index (χ1n) is 9.24. The number of H-pyrrole nitrogens is 1. The van der Waals surface area contributed by atoms with Gasteiger partial charge >= 0.3 is 0 Å². The lowest BCUT2D eigenvalue weighted by Gasteiger charge is -2.11. The summed E-state index contributed by atoms with van der Waals surface area (Å²) >= 11 is 0. The molecule has 0 saturated heterocycles. The van der Waals surface area contributed by atoms with Crippen LogP contribution in [-0.2, 0) is 13.0 Å². The molecule has 29 heavy (non-hydrogen) atoms. The molecule has 3 N–H and O–H groups in total. The monoisotopic (exact) mass is 505 g/mol. The molecule has 0 radical (unpaired) electrons. The Hall–Kier alpha value is -2.75. The minimum atomic E-state index is 0. The fourth-order valence-electron chi connectivity index (χ4n) is 3.03. The van der Waals surface area contributed by atoms with Gasteiger partial charge in [-0.3, -0.25) is 4.99 Å². The summed E-state index contributed by atoms with van der Waals surface area (Å²) in [5.74, 6) is 3.21. The van der Waals surface area contributed by atoms with Crippen molar-refractivity contribution >= 4 is 29.9 Å². The molecule has 1 aliphatic heterocycles. The molecule has 3 aromatic rings. The van der Waals surface area contributed by atoms with E-state index in [0.717, 1.165) is 47.5 Å². The van der Waals surface area contributed by atoms with Crippen molar-refractivity contribution < 1.29 is 9.47 Å². The largest absolute Gasteiger partial charge is 0.454 e. The number of nitrogens with zero attached hydrogens (tertiary/aromatic N) is 2. The van der Waals surface area contributed by atoms with Gasteiger partial charge in [0, 0.05) is 13.6 Å². The third-order valence-corrected chi connectivity index (χ3v) is 4.50. The molecule has 4 rings (SSSR count). The van der Waals surface area contributed by atoms with Gasteiger partial charge in [-0.1, -0.05) is 36.4 Å². The van der Waals surface area contributed by atoms with E-state index in [1.807, 2.05) is 36.5 Å². The summed E-state index contributed by atoms with van der Waals surface area (Å²) in [6.45, 7) is 1.62. The lowest BCUT2D eigenvalue weighted by Crippen LogP contribution is -2.38. The van der Waals surface area contributed by atoms with Crippen molar-refractivity contribution in [2.75, 3.05) is 20.4 Å². The first-order chi connectivity index (χ1) is 13.8. The van der Waals surface area contributed by atoms with Crippen molar-refractivity contribution in [1.82, 2.24) is 20.6 Å². The van der Waals surface area contributed by atoms with Gasteiger partial charge in [0.1, 0.15) is 5.82 Å². The summed E-state index contributed by atoms with van der Waals surface area (Å²) in [5.41, 5.74) is 3.31. The van der Waals surface area contributed by atoms with E-state index in [2.05, 4.69) is 43.8 Å². The molecule has 2 heterocycles. The van der Waals surface area contributed by atoms with E-state index in [1.54, 1.807) is 7.05 Å². The quantitative estimate of drug-likeness (QED) is 0.272. The molecule has 1 aliphatic rings. The topological polar surface area (TPSA) is 83.6 Å². The van der Waals surface area contributed by atoms with E-state index < -0.39 is 0 Å². The molecule has 0 bridgehead atoms. The van der Waals surface area contributed by atoms with Crippen molar-refractivity contribution in [3.63, 3.8) is 0 Å². The third kappa shape index (κ3) is 5.41. The number of ether oxygens (including phenoxy) is 2. The highest BCUT2D eigenvalue weighted by Crippen LogP contribution is 2.32. The first kappa shape index (κ1) is 21.0. The molecule has 8 heteroatoms. The van der Waals surface area contributed by atoms with Crippen LogP contribution in [0.15, 0.2) is 59.7 Å². The lowest BCUT2D eigenvalue weighted by molar-refractivity contribution is 0.174. The summed E-state index contributed by atoms with van der Waals surface area (Å²) < 4.78 is 10.8. The zero-order valence-corrected chi connectivity index (χ0v) is 18.5. The Morgan fingerprint density at radius 2 is 1.93 bits per heavy atom. The summed E-state index contributed by atoms with van der Waals surface area (Å²) in [4.78, 5) is 12.0. The summed E-state index contributed by atoms with van der Waals surface area (Å²) in [7, 11) is 1.76. The van der Waals surface area contributed by atoms with Gasteiger partial charge in [0.05, 0.1) is 18.4 Å². The number of aliphatic imine (C=N–C) groups is 1. The molecular weight excluding hydrogens is 481 g/mol. The van der Waals surface area contributed by atoms with E-state index in [0.29, 0.717) is 13.3 Å². The molecule has 152 valence electrons. The number of rotatable bonds is 6. The maximum absolute atomic E-state index is 5.42. The molecule has 2 aromatic carbocycles. The average molecular weight is 505 g/mol. The van der Waals surface area contributed by atoms with Crippen LogP contribution in [-0.4, -0.2) is 36.3 Å². The molecular formula is C21H24IN5O2. The number of aromatic nitrogens is 2. The lowest BCUT2D eigenvalue weighted by atomic mass is 10.1. The molecule has 0 saturated carbocycles. The van der Waals surface area contributed by atoms with Crippen LogP contribution in [0.2, 0.25) is 0 Å². The van der Waals surface area contributed by atoms with Gasteiger partial charge in [0.15, 0.2) is 17.5 Å². The second kappa shape index (κ2) is 10.1. The Labute approximate surface area is 187 Å². The number of aromatic amines is 1. The third-order valence-electron chi connectivity index (χ3n) is 4.50. The predicted molar refractivity (Wildman–Crippen MR) is 124 cm³/mol. The van der Waals surface area contributed by atoms with Gasteiger partial charge in [-0.15, -0.1) is 24.0 Å². The summed E-state index contributed by atoms with van der Waals surface area (Å²) in [5, 5.41) is 6.60. The van der Waals surface area contributed by atoms with Crippen LogP contribution < -0.4 is 20.1 Å². The van der Waals surface area contributed by atoms with Crippen molar-refractivity contribution in [3.05, 3.63) is 66.1 Å². The van der Waals surface area contributed by atoms with Crippen LogP contribution >= 0.6 is 24.0 Å². The standard InChI is InChI=1S/C21H23N5O2.HI/c1-22-21(23-10-9-15-7-8-18-19(11-15)28-14-27-18)25-13-20-24-12-17(26-20)16-5-3-2-4-6-16;/h2-8,11-12H,9-10,13-14H2,1H3,(H,24,26)(H2,22,23,25);1H. The van der Waals surface area contributed by atoms with Crippen LogP contribution in [0.3, 0.4) is 0 Å². The van der Waals surface area contributed by atoms with Crippen LogP contribution in [0, 0.1) is 0 Å². The number of guanidine groups is 1. The number of hydrogen-bond donors (Lipinski definition) is 3. The van der Waals surface area contributed by atoms with Crippen molar-refractivity contribution in [3.8, 4) is 22.8 Å². The number of halogens is 1. The molecule has 0 amide bonds. The zero-order chi connectivity index (χ0) is 19.2. The number of benzene rings is 2. The van der Waals surface area contributed by atoms with Crippen LogP contribution in [0.5, 0.6) is 11.5 Å². The van der Waals surface area contributed by atoms with Gasteiger partial charge in [-0.05, 0) is 29.7 Å². The average Bonchev–Trinajstić information content (AvgIpc) is 3.40.